The smallest absolute Gasteiger partial charge is 0.271 e. The van der Waals surface area contributed by atoms with Crippen LogP contribution in [0.5, 0.6) is 11.5 Å². The molecule has 0 aliphatic heterocycles. The number of hydrogen-bond donors (Lipinski definition) is 1. The van der Waals surface area contributed by atoms with Gasteiger partial charge in [0.25, 0.3) is 5.91 Å². The zero-order valence-corrected chi connectivity index (χ0v) is 24.4. The molecule has 0 bridgehead atoms. The molecule has 1 N–H and O–H groups in total. The molecule has 0 atom stereocenters. The molecule has 0 aliphatic carbocycles. The normalized spacial score (nSPS) is 11.0. The molecule has 0 saturated heterocycles. The second kappa shape index (κ2) is 13.2. The van der Waals surface area contributed by atoms with Crippen LogP contribution in [-0.2, 0) is 18.0 Å². The van der Waals surface area contributed by atoms with E-state index in [0.717, 1.165) is 6.04 Å². The minimum Gasteiger partial charge on any atom is -0.453 e. The van der Waals surface area contributed by atoms with E-state index in [1.165, 1.54) is 34.9 Å². The van der Waals surface area contributed by atoms with Gasteiger partial charge in [0, 0.05) is 36.7 Å². The number of carbonyl (C=O) groups excluding carboxylic acids is 1. The number of ether oxygens (including phenoxy) is 2. The van der Waals surface area contributed by atoms with E-state index in [9.17, 15) is 4.79 Å². The van der Waals surface area contributed by atoms with Gasteiger partial charge in [0.15, 0.2) is 16.7 Å². The van der Waals surface area contributed by atoms with Crippen LogP contribution in [0.3, 0.4) is 0 Å². The average molecular weight is 611 g/mol. The third-order valence-electron chi connectivity index (χ3n) is 5.26. The number of hydrogen-bond acceptors (Lipinski definition) is 6. The van der Waals surface area contributed by atoms with Crippen molar-refractivity contribution in [2.45, 2.75) is 39.0 Å². The first kappa shape index (κ1) is 30.2. The molecule has 1 amide bonds. The molecule has 0 unspecified atom stereocenters. The summed E-state index contributed by atoms with van der Waals surface area (Å²) in [4.78, 5) is 19.7. The van der Waals surface area contributed by atoms with Crippen LogP contribution in [0, 0.1) is 17.1 Å². The summed E-state index contributed by atoms with van der Waals surface area (Å²) < 4.78 is 27.9. The number of nitrogens with one attached hydrogen (secondary N) is 1. The van der Waals surface area contributed by atoms with Gasteiger partial charge in [-0.1, -0.05) is 60.5 Å². The Morgan fingerprint density at radius 2 is 2.03 bits per heavy atom. The summed E-state index contributed by atoms with van der Waals surface area (Å²) in [6.07, 6.45) is 0. The van der Waals surface area contributed by atoms with Crippen molar-refractivity contribution >= 4 is 54.7 Å². The molecular formula is C24H23Cl3FN7O3Si. The van der Waals surface area contributed by atoms with Gasteiger partial charge in [-0.05, 0) is 41.0 Å². The summed E-state index contributed by atoms with van der Waals surface area (Å²) in [6.45, 7) is 6.62. The monoisotopic (exact) mass is 609 g/mol. The van der Waals surface area contributed by atoms with E-state index < -0.39 is 19.8 Å². The summed E-state index contributed by atoms with van der Waals surface area (Å²) in [6, 6.07) is 9.81. The second-order valence-electron chi connectivity index (χ2n) is 9.44. The van der Waals surface area contributed by atoms with Crippen molar-refractivity contribution in [2.75, 3.05) is 6.61 Å². The number of nitrogens with zero attached hydrogens (tertiary/aromatic N) is 6. The maximum absolute atomic E-state index is 15.3. The highest BCUT2D eigenvalue weighted by molar-refractivity contribution is 6.76. The molecule has 10 nitrogen and oxygen atoms in total. The summed E-state index contributed by atoms with van der Waals surface area (Å²) >= 11 is 18.3. The number of aromatic nitrogens is 2. The largest absolute Gasteiger partial charge is 0.453 e. The van der Waals surface area contributed by atoms with Gasteiger partial charge in [0.1, 0.15) is 18.2 Å². The molecule has 1 heterocycles. The fourth-order valence-electron chi connectivity index (χ4n) is 3.27. The fourth-order valence-corrected chi connectivity index (χ4v) is 4.70. The number of nitriles is 1. The summed E-state index contributed by atoms with van der Waals surface area (Å²) in [5.74, 6) is -1.88. The topological polar surface area (TPSA) is 138 Å². The van der Waals surface area contributed by atoms with Crippen LogP contribution >= 0.6 is 34.8 Å². The van der Waals surface area contributed by atoms with Crippen LogP contribution in [0.25, 0.3) is 10.4 Å². The van der Waals surface area contributed by atoms with E-state index >= 15 is 4.39 Å². The predicted molar refractivity (Wildman–Crippen MR) is 149 cm³/mol. The molecule has 0 spiro atoms. The zero-order chi connectivity index (χ0) is 28.7. The molecule has 204 valence electrons. The lowest BCUT2D eigenvalue weighted by Gasteiger charge is -2.16. The molecule has 0 radical (unpaired) electrons. The molecule has 0 aliphatic rings. The van der Waals surface area contributed by atoms with Crippen molar-refractivity contribution in [3.8, 4) is 17.6 Å². The third-order valence-corrected chi connectivity index (χ3v) is 7.74. The van der Waals surface area contributed by atoms with Crippen LogP contribution in [0.15, 0.2) is 35.4 Å². The number of benzene rings is 2. The number of imidazole rings is 1. The molecule has 1 aromatic heterocycles. The lowest BCUT2D eigenvalue weighted by molar-refractivity contribution is 0.0797. The van der Waals surface area contributed by atoms with Gasteiger partial charge in [-0.25, -0.2) is 9.37 Å². The van der Waals surface area contributed by atoms with Crippen molar-refractivity contribution < 1.29 is 18.7 Å². The second-order valence-corrected chi connectivity index (χ2v) is 16.3. The van der Waals surface area contributed by atoms with E-state index in [-0.39, 0.29) is 62.7 Å². The van der Waals surface area contributed by atoms with Crippen LogP contribution in [0.4, 0.5) is 10.3 Å². The van der Waals surface area contributed by atoms with Gasteiger partial charge in [-0.15, -0.1) is 0 Å². The molecule has 3 aromatic rings. The highest BCUT2D eigenvalue weighted by Gasteiger charge is 2.23. The molecule has 0 saturated carbocycles. The van der Waals surface area contributed by atoms with Crippen LogP contribution in [-0.4, -0.2) is 30.1 Å². The van der Waals surface area contributed by atoms with E-state index in [0.29, 0.717) is 6.61 Å². The highest BCUT2D eigenvalue weighted by Crippen LogP contribution is 2.35. The van der Waals surface area contributed by atoms with Crippen molar-refractivity contribution in [3.05, 3.63) is 78.6 Å². The highest BCUT2D eigenvalue weighted by atomic mass is 35.5. The Hall–Kier alpha value is -3.30. The Balaban J connectivity index is 1.80. The number of carbonyl (C=O) groups is 1. The first-order valence-electron chi connectivity index (χ1n) is 11.5. The van der Waals surface area contributed by atoms with Crippen molar-refractivity contribution in [1.29, 1.82) is 5.26 Å². The maximum Gasteiger partial charge on any atom is 0.271 e. The summed E-state index contributed by atoms with van der Waals surface area (Å²) in [5, 5.41) is 15.2. The van der Waals surface area contributed by atoms with Crippen LogP contribution in [0.1, 0.15) is 21.6 Å². The summed E-state index contributed by atoms with van der Waals surface area (Å²) in [5.41, 5.74) is 9.04. The third kappa shape index (κ3) is 8.09. The molecule has 39 heavy (non-hydrogen) atoms. The number of amides is 1. The Morgan fingerprint density at radius 3 is 2.69 bits per heavy atom. The molecule has 15 heteroatoms. The lowest BCUT2D eigenvalue weighted by atomic mass is 10.2. The minimum atomic E-state index is -1.36. The fraction of sp³-hybridized carbons (Fsp3) is 0.292. The molecule has 3 rings (SSSR count). The standard InChI is InChI=1S/C24H23Cl3FN7O3Si/c1-39(2,3)7-6-37-13-35-20(22(27)32-24(35)33-34-30)23(36)31-12-15-4-5-18(26)21(19(15)28)38-17-9-14(11-29)8-16(25)10-17/h4-5,8-10H,6-7,12-13H2,1-3H3,(H,31,36). The average Bonchev–Trinajstić information content (AvgIpc) is 3.17. The van der Waals surface area contributed by atoms with E-state index in [1.54, 1.807) is 0 Å². The number of halogens is 4. The van der Waals surface area contributed by atoms with E-state index in [1.807, 2.05) is 6.07 Å². The van der Waals surface area contributed by atoms with E-state index in [2.05, 4.69) is 40.0 Å². The Labute approximate surface area is 239 Å². The van der Waals surface area contributed by atoms with Gasteiger partial charge in [-0.3, -0.25) is 9.36 Å². The predicted octanol–water partition coefficient (Wildman–Crippen LogP) is 7.83. The quantitative estimate of drug-likeness (QED) is 0.0775. The van der Waals surface area contributed by atoms with Crippen LogP contribution in [0.2, 0.25) is 40.9 Å². The lowest BCUT2D eigenvalue weighted by Crippen LogP contribution is -2.27. The zero-order valence-electron chi connectivity index (χ0n) is 21.1. The first-order chi connectivity index (χ1) is 18.4. The number of azide groups is 1. The molecular weight excluding hydrogens is 588 g/mol. The van der Waals surface area contributed by atoms with Crippen molar-refractivity contribution in [2.24, 2.45) is 5.11 Å². The van der Waals surface area contributed by atoms with Gasteiger partial charge in [0.2, 0.25) is 5.95 Å². The van der Waals surface area contributed by atoms with Gasteiger partial charge in [0.05, 0.1) is 16.7 Å². The van der Waals surface area contributed by atoms with Gasteiger partial charge in [-0.2, -0.15) is 5.26 Å². The Kier molecular flexibility index (Phi) is 10.2. The van der Waals surface area contributed by atoms with Gasteiger partial charge < -0.3 is 14.8 Å². The Bertz CT molecular complexity index is 1480. The molecule has 2 aromatic carbocycles. The van der Waals surface area contributed by atoms with Crippen molar-refractivity contribution in [1.82, 2.24) is 14.9 Å². The van der Waals surface area contributed by atoms with E-state index in [4.69, 9.17) is 55.1 Å². The maximum atomic E-state index is 15.3. The Morgan fingerprint density at radius 1 is 1.28 bits per heavy atom. The first-order valence-corrected chi connectivity index (χ1v) is 16.3. The number of rotatable bonds is 11. The minimum absolute atomic E-state index is 0.0309. The molecule has 0 fully saturated rings. The SMILES string of the molecule is C[Si](C)(C)CCOCn1c(N=[N+]=[N-])nc(Cl)c1C(=O)NCc1ccc(Cl)c(Oc2cc(Cl)cc(C#N)c2)c1F. The van der Waals surface area contributed by atoms with Crippen LogP contribution < -0.4 is 10.1 Å². The van der Waals surface area contributed by atoms with Gasteiger partial charge >= 0.3 is 0 Å². The summed E-state index contributed by atoms with van der Waals surface area (Å²) in [7, 11) is -1.36. The van der Waals surface area contributed by atoms with Crippen molar-refractivity contribution in [3.63, 3.8) is 0 Å².